The molecule has 3 heterocycles. The average Bonchev–Trinajstić information content (AvgIpc) is 3.17. The number of morpholine rings is 1. The summed E-state index contributed by atoms with van der Waals surface area (Å²) in [6.45, 7) is 8.84. The van der Waals surface area contributed by atoms with Crippen molar-refractivity contribution in [3.05, 3.63) is 28.7 Å². The molecule has 0 aliphatic carbocycles. The first kappa shape index (κ1) is 16.5. The van der Waals surface area contributed by atoms with Gasteiger partial charge in [0.2, 0.25) is 0 Å². The highest BCUT2D eigenvalue weighted by Crippen LogP contribution is 2.17. The van der Waals surface area contributed by atoms with Crippen LogP contribution in [0.3, 0.4) is 0 Å². The van der Waals surface area contributed by atoms with Crippen molar-refractivity contribution in [3.63, 3.8) is 0 Å². The Balaban J connectivity index is 1.49. The van der Waals surface area contributed by atoms with Gasteiger partial charge in [-0.05, 0) is 18.8 Å². The maximum Gasteiger partial charge on any atom is 0.137 e. The van der Waals surface area contributed by atoms with Crippen LogP contribution in [0.15, 0.2) is 18.0 Å². The lowest BCUT2D eigenvalue weighted by atomic mass is 10.1. The molecule has 0 amide bonds. The summed E-state index contributed by atoms with van der Waals surface area (Å²) in [5, 5.41) is 7.62. The number of thiazole rings is 1. The van der Waals surface area contributed by atoms with Gasteiger partial charge in [0.05, 0.1) is 30.0 Å². The third-order valence-electron chi connectivity index (χ3n) is 4.00. The van der Waals surface area contributed by atoms with Crippen LogP contribution < -0.4 is 0 Å². The van der Waals surface area contributed by atoms with Crippen LogP contribution in [0.2, 0.25) is 0 Å². The van der Waals surface area contributed by atoms with Crippen LogP contribution >= 0.6 is 11.3 Å². The fraction of sp³-hybridized carbons (Fsp3) is 0.688. The van der Waals surface area contributed by atoms with E-state index in [0.29, 0.717) is 0 Å². The lowest BCUT2D eigenvalue weighted by molar-refractivity contribution is -0.0405. The van der Waals surface area contributed by atoms with E-state index in [1.807, 2.05) is 4.68 Å². The summed E-state index contributed by atoms with van der Waals surface area (Å²) in [7, 11) is 0. The number of hydrogen-bond donors (Lipinski definition) is 0. The second kappa shape index (κ2) is 7.99. The van der Waals surface area contributed by atoms with Crippen molar-refractivity contribution in [2.75, 3.05) is 19.7 Å². The predicted molar refractivity (Wildman–Crippen MR) is 90.3 cm³/mol. The van der Waals surface area contributed by atoms with Gasteiger partial charge >= 0.3 is 0 Å². The van der Waals surface area contributed by atoms with Gasteiger partial charge in [-0.3, -0.25) is 9.58 Å². The molecule has 2 aromatic heterocycles. The van der Waals surface area contributed by atoms with Gasteiger partial charge in [-0.1, -0.05) is 13.8 Å². The quantitative estimate of drug-likeness (QED) is 0.776. The highest BCUT2D eigenvalue weighted by molar-refractivity contribution is 7.09. The summed E-state index contributed by atoms with van der Waals surface area (Å²) in [4.78, 5) is 11.2. The minimum Gasteiger partial charge on any atom is -0.374 e. The normalized spacial score (nSPS) is 19.5. The monoisotopic (exact) mass is 335 g/mol. The smallest absolute Gasteiger partial charge is 0.137 e. The number of aryl methyl sites for hydroxylation is 1. The van der Waals surface area contributed by atoms with Gasteiger partial charge in [-0.2, -0.15) is 5.10 Å². The van der Waals surface area contributed by atoms with Gasteiger partial charge in [-0.25, -0.2) is 9.97 Å². The Bertz CT molecular complexity index is 583. The first-order valence-corrected chi connectivity index (χ1v) is 9.16. The fourth-order valence-corrected chi connectivity index (χ4v) is 3.55. The minimum absolute atomic E-state index is 0.171. The zero-order valence-electron chi connectivity index (χ0n) is 13.9. The van der Waals surface area contributed by atoms with E-state index in [0.717, 1.165) is 45.1 Å². The molecule has 2 aromatic rings. The van der Waals surface area contributed by atoms with Crippen molar-refractivity contribution >= 4 is 11.3 Å². The second-order valence-corrected chi connectivity index (χ2v) is 7.45. The van der Waals surface area contributed by atoms with Crippen molar-refractivity contribution in [1.29, 1.82) is 0 Å². The lowest BCUT2D eigenvalue weighted by Gasteiger charge is -2.32. The van der Waals surface area contributed by atoms with Crippen molar-refractivity contribution in [3.8, 4) is 0 Å². The Morgan fingerprint density at radius 1 is 1.43 bits per heavy atom. The highest BCUT2D eigenvalue weighted by Gasteiger charge is 2.21. The largest absolute Gasteiger partial charge is 0.374 e. The molecule has 6 nitrogen and oxygen atoms in total. The van der Waals surface area contributed by atoms with Crippen LogP contribution in [0.5, 0.6) is 0 Å². The van der Waals surface area contributed by atoms with Crippen LogP contribution in [0.1, 0.15) is 31.0 Å². The maximum absolute atomic E-state index is 5.84. The molecule has 3 rings (SSSR count). The third kappa shape index (κ3) is 5.09. The molecule has 23 heavy (non-hydrogen) atoms. The molecule has 1 aliphatic heterocycles. The summed E-state index contributed by atoms with van der Waals surface area (Å²) in [6, 6.07) is 0. The zero-order valence-corrected chi connectivity index (χ0v) is 14.7. The number of hydrogen-bond acceptors (Lipinski definition) is 6. The summed E-state index contributed by atoms with van der Waals surface area (Å²) in [6.07, 6.45) is 5.79. The first-order valence-electron chi connectivity index (χ1n) is 8.28. The highest BCUT2D eigenvalue weighted by atomic mass is 32.1. The van der Waals surface area contributed by atoms with E-state index in [-0.39, 0.29) is 6.10 Å². The fourth-order valence-electron chi connectivity index (χ4n) is 2.75. The van der Waals surface area contributed by atoms with Crippen molar-refractivity contribution in [2.45, 2.75) is 45.9 Å². The van der Waals surface area contributed by atoms with Gasteiger partial charge < -0.3 is 4.74 Å². The lowest BCUT2D eigenvalue weighted by Crippen LogP contribution is -2.43. The third-order valence-corrected chi connectivity index (χ3v) is 4.96. The molecule has 0 spiro atoms. The molecule has 0 saturated carbocycles. The van der Waals surface area contributed by atoms with Gasteiger partial charge in [0, 0.05) is 25.0 Å². The van der Waals surface area contributed by atoms with Crippen LogP contribution in [-0.4, -0.2) is 50.4 Å². The molecule has 1 saturated heterocycles. The topological polar surface area (TPSA) is 56.1 Å². The number of ether oxygens (including phenoxy) is 1. The second-order valence-electron chi connectivity index (χ2n) is 6.51. The summed E-state index contributed by atoms with van der Waals surface area (Å²) >= 11 is 1.79. The molecule has 126 valence electrons. The van der Waals surface area contributed by atoms with E-state index in [4.69, 9.17) is 9.72 Å². The predicted octanol–water partition coefficient (Wildman–Crippen LogP) is 2.22. The zero-order chi connectivity index (χ0) is 16.1. The van der Waals surface area contributed by atoms with E-state index >= 15 is 0 Å². The average molecular weight is 335 g/mol. The van der Waals surface area contributed by atoms with E-state index in [2.05, 4.69) is 34.2 Å². The van der Waals surface area contributed by atoms with Gasteiger partial charge in [-0.15, -0.1) is 11.3 Å². The van der Waals surface area contributed by atoms with Crippen LogP contribution in [0.4, 0.5) is 0 Å². The SMILES string of the molecule is CC(C)CCc1nc(CN2CCO[C@H](Cn3cncn3)C2)cs1. The Labute approximate surface area is 141 Å². The molecule has 0 N–H and O–H groups in total. The van der Waals surface area contributed by atoms with E-state index < -0.39 is 0 Å². The number of nitrogens with zero attached hydrogens (tertiary/aromatic N) is 5. The molecule has 1 atom stereocenters. The number of aromatic nitrogens is 4. The molecule has 1 aliphatic rings. The van der Waals surface area contributed by atoms with Gasteiger partial charge in [0.15, 0.2) is 0 Å². The molecule has 0 bridgehead atoms. The Hall–Kier alpha value is -1.31. The Kier molecular flexibility index (Phi) is 5.75. The molecule has 1 fully saturated rings. The molecule has 7 heteroatoms. The first-order chi connectivity index (χ1) is 11.2. The van der Waals surface area contributed by atoms with E-state index in [1.165, 1.54) is 17.1 Å². The standard InChI is InChI=1S/C16H25N5OS/c1-13(2)3-4-16-19-14(10-23-16)7-20-5-6-22-15(8-20)9-21-12-17-11-18-21/h10-13,15H,3-9H2,1-2H3/t15-/m0/s1. The summed E-state index contributed by atoms with van der Waals surface area (Å²) in [5.74, 6) is 0.735. The van der Waals surface area contributed by atoms with Crippen molar-refractivity contribution in [2.24, 2.45) is 5.92 Å². The van der Waals surface area contributed by atoms with Crippen LogP contribution in [0, 0.1) is 5.92 Å². The van der Waals surface area contributed by atoms with Gasteiger partial charge in [0.25, 0.3) is 0 Å². The van der Waals surface area contributed by atoms with E-state index in [1.54, 1.807) is 24.0 Å². The van der Waals surface area contributed by atoms with Crippen LogP contribution in [0.25, 0.3) is 0 Å². The minimum atomic E-state index is 0.171. The Morgan fingerprint density at radius 3 is 3.13 bits per heavy atom. The van der Waals surface area contributed by atoms with Crippen molar-refractivity contribution in [1.82, 2.24) is 24.6 Å². The van der Waals surface area contributed by atoms with E-state index in [9.17, 15) is 0 Å². The molecular formula is C16H25N5OS. The molecule has 0 radical (unpaired) electrons. The maximum atomic E-state index is 5.84. The number of rotatable bonds is 7. The summed E-state index contributed by atoms with van der Waals surface area (Å²) in [5.41, 5.74) is 1.19. The van der Waals surface area contributed by atoms with Crippen molar-refractivity contribution < 1.29 is 4.74 Å². The van der Waals surface area contributed by atoms with Crippen LogP contribution in [-0.2, 0) is 24.2 Å². The molecular weight excluding hydrogens is 310 g/mol. The Morgan fingerprint density at radius 2 is 2.35 bits per heavy atom. The van der Waals surface area contributed by atoms with Gasteiger partial charge in [0.1, 0.15) is 12.7 Å². The molecule has 0 unspecified atom stereocenters. The molecule has 0 aromatic carbocycles. The summed E-state index contributed by atoms with van der Waals surface area (Å²) < 4.78 is 7.68.